The van der Waals surface area contributed by atoms with Gasteiger partial charge in [0.1, 0.15) is 18.2 Å². The van der Waals surface area contributed by atoms with Gasteiger partial charge >= 0.3 is 6.61 Å². The number of aromatic nitrogens is 3. The number of ether oxygens (including phenoxy) is 3. The number of H-pyrrole nitrogens is 1. The molecule has 5 rings (SSSR count). The smallest absolute Gasteiger partial charge is 0.387 e. The van der Waals surface area contributed by atoms with E-state index in [0.29, 0.717) is 30.5 Å². The Morgan fingerprint density at radius 1 is 1.14 bits per heavy atom. The summed E-state index contributed by atoms with van der Waals surface area (Å²) in [5, 5.41) is 0. The molecule has 1 fully saturated rings. The summed E-state index contributed by atoms with van der Waals surface area (Å²) < 4.78 is 44.1. The van der Waals surface area contributed by atoms with Crippen LogP contribution in [0.2, 0.25) is 0 Å². The average Bonchev–Trinajstić information content (AvgIpc) is 3.48. The molecule has 1 atom stereocenters. The van der Waals surface area contributed by atoms with Gasteiger partial charge in [-0.25, -0.2) is 4.98 Å². The second-order valence-corrected chi connectivity index (χ2v) is 8.49. The molecule has 1 N–H and O–H groups in total. The van der Waals surface area contributed by atoms with Crippen molar-refractivity contribution in [1.29, 1.82) is 0 Å². The monoisotopic (exact) mass is 481 g/mol. The molecule has 1 aliphatic heterocycles. The van der Waals surface area contributed by atoms with Gasteiger partial charge in [-0.2, -0.15) is 8.78 Å². The van der Waals surface area contributed by atoms with Crippen molar-refractivity contribution >= 4 is 11.0 Å². The van der Waals surface area contributed by atoms with E-state index in [4.69, 9.17) is 19.2 Å². The molecule has 1 saturated heterocycles. The Hall–Kier alpha value is -3.56. The summed E-state index contributed by atoms with van der Waals surface area (Å²) in [6, 6.07) is 15.8. The topological polar surface area (TPSA) is 78.4 Å². The van der Waals surface area contributed by atoms with E-state index in [-0.39, 0.29) is 24.5 Å². The third-order valence-corrected chi connectivity index (χ3v) is 6.07. The number of halogens is 2. The molecule has 2 aromatic heterocycles. The number of benzene rings is 2. The van der Waals surface area contributed by atoms with Gasteiger partial charge in [0, 0.05) is 30.4 Å². The Bertz CT molecular complexity index is 1340. The zero-order valence-corrected chi connectivity index (χ0v) is 19.0. The number of fused-ring (bicyclic) bond motifs is 1. The Morgan fingerprint density at radius 3 is 2.77 bits per heavy atom. The van der Waals surface area contributed by atoms with Crippen LogP contribution in [0.1, 0.15) is 17.8 Å². The van der Waals surface area contributed by atoms with Crippen LogP contribution in [0.4, 0.5) is 8.78 Å². The van der Waals surface area contributed by atoms with Crippen molar-refractivity contribution in [3.05, 3.63) is 82.5 Å². The van der Waals surface area contributed by atoms with Crippen molar-refractivity contribution in [1.82, 2.24) is 14.5 Å². The lowest BCUT2D eigenvalue weighted by Gasteiger charge is -2.15. The van der Waals surface area contributed by atoms with Gasteiger partial charge in [-0.3, -0.25) is 4.79 Å². The van der Waals surface area contributed by atoms with Crippen LogP contribution in [0, 0.1) is 5.92 Å². The summed E-state index contributed by atoms with van der Waals surface area (Å²) in [4.78, 5) is 18.9. The molecule has 9 heteroatoms. The molecule has 0 bridgehead atoms. The van der Waals surface area contributed by atoms with E-state index in [2.05, 4.69) is 4.98 Å². The number of hydrogen-bond donors (Lipinski definition) is 1. The maximum absolute atomic E-state index is 13.0. The second-order valence-electron chi connectivity index (χ2n) is 8.49. The molecular weight excluding hydrogens is 456 g/mol. The molecule has 1 unspecified atom stereocenters. The number of rotatable bonds is 9. The molecule has 182 valence electrons. The van der Waals surface area contributed by atoms with Gasteiger partial charge in [-0.15, -0.1) is 0 Å². The SMILES string of the molecule is O=c1ccc(-c2ccc3nc(COCC4CCOC4)n(Cc4ccccc4OC(F)F)c3c2)c[nH]1. The fourth-order valence-corrected chi connectivity index (χ4v) is 4.28. The predicted octanol–water partition coefficient (Wildman–Crippen LogP) is 4.59. The average molecular weight is 481 g/mol. The quantitative estimate of drug-likeness (QED) is 0.378. The van der Waals surface area contributed by atoms with Crippen LogP contribution in [0.5, 0.6) is 5.75 Å². The predicted molar refractivity (Wildman–Crippen MR) is 127 cm³/mol. The van der Waals surface area contributed by atoms with Crippen LogP contribution >= 0.6 is 0 Å². The highest BCUT2D eigenvalue weighted by Crippen LogP contribution is 2.28. The molecule has 0 aliphatic carbocycles. The lowest BCUT2D eigenvalue weighted by molar-refractivity contribution is -0.0504. The summed E-state index contributed by atoms with van der Waals surface area (Å²) in [7, 11) is 0. The largest absolute Gasteiger partial charge is 0.434 e. The van der Waals surface area contributed by atoms with E-state index in [1.165, 1.54) is 12.1 Å². The summed E-state index contributed by atoms with van der Waals surface area (Å²) in [6.07, 6.45) is 2.63. The molecule has 0 amide bonds. The van der Waals surface area contributed by atoms with Gasteiger partial charge in [0.25, 0.3) is 0 Å². The molecular formula is C26H25F2N3O4. The molecule has 7 nitrogen and oxygen atoms in total. The first-order valence-corrected chi connectivity index (χ1v) is 11.4. The van der Waals surface area contributed by atoms with E-state index in [1.807, 2.05) is 22.8 Å². The molecule has 4 aromatic rings. The zero-order valence-electron chi connectivity index (χ0n) is 19.0. The van der Waals surface area contributed by atoms with E-state index in [1.54, 1.807) is 30.5 Å². The molecule has 0 spiro atoms. The van der Waals surface area contributed by atoms with Crippen molar-refractivity contribution in [3.8, 4) is 16.9 Å². The van der Waals surface area contributed by atoms with Crippen LogP contribution in [0.3, 0.4) is 0 Å². The van der Waals surface area contributed by atoms with Crippen LogP contribution in [0.25, 0.3) is 22.2 Å². The summed E-state index contributed by atoms with van der Waals surface area (Å²) in [5.74, 6) is 1.17. The standard InChI is InChI=1S/C26H25F2N3O4/c27-26(28)35-23-4-2-1-3-20(23)13-31-22-11-18(19-6-8-25(32)29-12-19)5-7-21(22)30-24(31)16-34-15-17-9-10-33-14-17/h1-8,11-12,17,26H,9-10,13-16H2,(H,29,32). The Morgan fingerprint density at radius 2 is 2.00 bits per heavy atom. The third kappa shape index (κ3) is 5.41. The van der Waals surface area contributed by atoms with Gasteiger partial charge in [-0.1, -0.05) is 24.3 Å². The number of imidazole rings is 1. The number of pyridine rings is 1. The number of nitrogens with one attached hydrogen (secondary N) is 1. The highest BCUT2D eigenvalue weighted by atomic mass is 19.3. The molecule has 3 heterocycles. The minimum absolute atomic E-state index is 0.121. The highest BCUT2D eigenvalue weighted by Gasteiger charge is 2.19. The lowest BCUT2D eigenvalue weighted by Crippen LogP contribution is -2.13. The fraction of sp³-hybridized carbons (Fsp3) is 0.308. The first-order chi connectivity index (χ1) is 17.1. The second kappa shape index (κ2) is 10.4. The Balaban J connectivity index is 1.51. The van der Waals surface area contributed by atoms with Gasteiger partial charge in [0.05, 0.1) is 30.8 Å². The van der Waals surface area contributed by atoms with Gasteiger partial charge in [0.15, 0.2) is 0 Å². The molecule has 35 heavy (non-hydrogen) atoms. The van der Waals surface area contributed by atoms with Crippen LogP contribution in [-0.2, 0) is 22.6 Å². The summed E-state index contributed by atoms with van der Waals surface area (Å²) in [6.45, 7) is -0.356. The normalized spacial score (nSPS) is 15.8. The van der Waals surface area contributed by atoms with Crippen LogP contribution in [-0.4, -0.2) is 41.0 Å². The molecule has 0 saturated carbocycles. The van der Waals surface area contributed by atoms with E-state index >= 15 is 0 Å². The van der Waals surface area contributed by atoms with Crippen LogP contribution < -0.4 is 10.3 Å². The minimum Gasteiger partial charge on any atom is -0.434 e. The van der Waals surface area contributed by atoms with Crippen molar-refractivity contribution < 1.29 is 23.0 Å². The van der Waals surface area contributed by atoms with E-state index in [0.717, 1.165) is 35.2 Å². The number of para-hydroxylation sites is 1. The van der Waals surface area contributed by atoms with Crippen molar-refractivity contribution in [3.63, 3.8) is 0 Å². The summed E-state index contributed by atoms with van der Waals surface area (Å²) >= 11 is 0. The first-order valence-electron chi connectivity index (χ1n) is 11.4. The van der Waals surface area contributed by atoms with E-state index in [9.17, 15) is 13.6 Å². The Labute approximate surface area is 200 Å². The zero-order chi connectivity index (χ0) is 24.2. The Kier molecular flexibility index (Phi) is 6.87. The maximum atomic E-state index is 13.0. The third-order valence-electron chi connectivity index (χ3n) is 6.07. The summed E-state index contributed by atoms with van der Waals surface area (Å²) in [5.41, 5.74) is 3.74. The number of aromatic amines is 1. The number of nitrogens with zero attached hydrogens (tertiary/aromatic N) is 2. The van der Waals surface area contributed by atoms with Crippen molar-refractivity contribution in [2.24, 2.45) is 5.92 Å². The van der Waals surface area contributed by atoms with Gasteiger partial charge in [-0.05, 0) is 41.8 Å². The molecule has 2 aromatic carbocycles. The minimum atomic E-state index is -2.92. The first kappa shape index (κ1) is 23.2. The van der Waals surface area contributed by atoms with Crippen molar-refractivity contribution in [2.75, 3.05) is 19.8 Å². The highest BCUT2D eigenvalue weighted by molar-refractivity contribution is 5.82. The number of hydrogen-bond acceptors (Lipinski definition) is 5. The molecule has 1 aliphatic rings. The van der Waals surface area contributed by atoms with E-state index < -0.39 is 6.61 Å². The van der Waals surface area contributed by atoms with Crippen LogP contribution in [0.15, 0.2) is 65.6 Å². The molecule has 0 radical (unpaired) electrons. The van der Waals surface area contributed by atoms with Gasteiger partial charge < -0.3 is 23.8 Å². The van der Waals surface area contributed by atoms with Gasteiger partial charge in [0.2, 0.25) is 5.56 Å². The lowest BCUT2D eigenvalue weighted by atomic mass is 10.1. The van der Waals surface area contributed by atoms with Crippen molar-refractivity contribution in [2.45, 2.75) is 26.2 Å². The fourth-order valence-electron chi connectivity index (χ4n) is 4.28. The maximum Gasteiger partial charge on any atom is 0.387 e. The number of alkyl halides is 2.